The molecule has 0 bridgehead atoms. The van der Waals surface area contributed by atoms with Crippen molar-refractivity contribution in [3.63, 3.8) is 0 Å². The summed E-state index contributed by atoms with van der Waals surface area (Å²) in [7, 11) is 0. The van der Waals surface area contributed by atoms with Gasteiger partial charge in [-0.2, -0.15) is 5.26 Å². The molecule has 3 aromatic rings. The molecule has 1 aliphatic heterocycles. The molecule has 1 aliphatic rings. The summed E-state index contributed by atoms with van der Waals surface area (Å²) in [4.78, 5) is 7.80. The maximum absolute atomic E-state index is 13.4. The largest absolute Gasteiger partial charge is 0.394 e. The molecule has 1 saturated heterocycles. The van der Waals surface area contributed by atoms with Crippen molar-refractivity contribution in [1.29, 1.82) is 5.26 Å². The Kier molecular flexibility index (Phi) is 5.35. The van der Waals surface area contributed by atoms with Crippen LogP contribution in [-0.2, 0) is 6.42 Å². The molecule has 4 rings (SSSR count). The van der Waals surface area contributed by atoms with Gasteiger partial charge in [-0.25, -0.2) is 9.37 Å². The summed E-state index contributed by atoms with van der Waals surface area (Å²) >= 11 is 1.57. The van der Waals surface area contributed by atoms with E-state index in [9.17, 15) is 14.8 Å². The van der Waals surface area contributed by atoms with Crippen molar-refractivity contribution >= 4 is 16.5 Å². The van der Waals surface area contributed by atoms with Crippen LogP contribution in [-0.4, -0.2) is 28.8 Å². The number of halogens is 1. The smallest absolute Gasteiger partial charge is 0.187 e. The lowest BCUT2D eigenvalue weighted by Crippen LogP contribution is -2.63. The van der Waals surface area contributed by atoms with Crippen LogP contribution >= 0.6 is 11.3 Å². The Morgan fingerprint density at radius 1 is 1.21 bits per heavy atom. The van der Waals surface area contributed by atoms with Crippen molar-refractivity contribution in [1.82, 2.24) is 4.98 Å². The molecule has 2 heterocycles. The summed E-state index contributed by atoms with van der Waals surface area (Å²) in [5.74, 6) is -0.435. The Hall–Kier alpha value is -2.75. The van der Waals surface area contributed by atoms with Crippen LogP contribution in [0.4, 0.5) is 9.52 Å². The highest BCUT2D eigenvalue weighted by Crippen LogP contribution is 2.47. The Labute approximate surface area is 173 Å². The predicted octanol–water partition coefficient (Wildman–Crippen LogP) is 4.68. The fourth-order valence-electron chi connectivity index (χ4n) is 4.17. The molecule has 148 valence electrons. The highest BCUT2D eigenvalue weighted by molar-refractivity contribution is 7.15. The topological polar surface area (TPSA) is 60.1 Å². The Morgan fingerprint density at radius 2 is 1.93 bits per heavy atom. The number of hydrogen-bond acceptors (Lipinski definition) is 5. The van der Waals surface area contributed by atoms with Gasteiger partial charge in [0, 0.05) is 10.8 Å². The lowest BCUT2D eigenvalue weighted by atomic mass is 9.74. The molecular weight excluding hydrogens is 385 g/mol. The fourth-order valence-corrected chi connectivity index (χ4v) is 5.27. The number of nitriles is 1. The number of nitrogens with zero attached hydrogens (tertiary/aromatic N) is 3. The normalized spacial score (nSPS) is 20.9. The van der Waals surface area contributed by atoms with Crippen molar-refractivity contribution in [2.75, 3.05) is 11.5 Å². The van der Waals surface area contributed by atoms with E-state index in [0.717, 1.165) is 38.8 Å². The van der Waals surface area contributed by atoms with E-state index in [0.29, 0.717) is 0 Å². The molecule has 0 aliphatic carbocycles. The number of aromatic nitrogens is 1. The summed E-state index contributed by atoms with van der Waals surface area (Å²) < 4.78 is 13.4. The maximum Gasteiger partial charge on any atom is 0.187 e. The number of aliphatic hydroxyl groups is 1. The Morgan fingerprint density at radius 3 is 2.55 bits per heavy atom. The molecular formula is C23H22FN3OS. The van der Waals surface area contributed by atoms with Gasteiger partial charge in [0.1, 0.15) is 11.9 Å². The minimum absolute atomic E-state index is 0.0688. The van der Waals surface area contributed by atoms with Crippen LogP contribution in [0.3, 0.4) is 0 Å². The third-order valence-electron chi connectivity index (χ3n) is 5.64. The zero-order chi connectivity index (χ0) is 20.5. The second-order valence-electron chi connectivity index (χ2n) is 7.20. The van der Waals surface area contributed by atoms with Crippen molar-refractivity contribution in [3.05, 3.63) is 70.5 Å². The highest BCUT2D eigenvalue weighted by atomic mass is 32.1. The summed E-state index contributed by atoms with van der Waals surface area (Å²) in [5, 5.41) is 20.9. The lowest BCUT2D eigenvalue weighted by molar-refractivity contribution is 0.188. The molecule has 0 spiro atoms. The highest BCUT2D eigenvalue weighted by Gasteiger charge is 2.51. The molecule has 0 radical (unpaired) electrons. The van der Waals surface area contributed by atoms with Crippen LogP contribution in [0.1, 0.15) is 29.0 Å². The first-order valence-electron chi connectivity index (χ1n) is 9.69. The molecule has 6 heteroatoms. The van der Waals surface area contributed by atoms with Gasteiger partial charge in [-0.15, -0.1) is 11.3 Å². The van der Waals surface area contributed by atoms with Crippen molar-refractivity contribution < 1.29 is 9.50 Å². The maximum atomic E-state index is 13.4. The van der Waals surface area contributed by atoms with Crippen LogP contribution in [0.25, 0.3) is 11.1 Å². The number of aliphatic hydroxyl groups excluding tert-OH is 1. The van der Waals surface area contributed by atoms with Crippen molar-refractivity contribution in [3.8, 4) is 17.2 Å². The van der Waals surface area contributed by atoms with Crippen LogP contribution in [0.2, 0.25) is 0 Å². The van der Waals surface area contributed by atoms with Crippen molar-refractivity contribution in [2.45, 2.75) is 38.3 Å². The van der Waals surface area contributed by atoms with Gasteiger partial charge in [-0.05, 0) is 42.2 Å². The first kappa shape index (κ1) is 19.6. The zero-order valence-corrected chi connectivity index (χ0v) is 17.2. The monoisotopic (exact) mass is 407 g/mol. The van der Waals surface area contributed by atoms with E-state index in [1.54, 1.807) is 23.5 Å². The molecule has 4 nitrogen and oxygen atoms in total. The van der Waals surface area contributed by atoms with Gasteiger partial charge >= 0.3 is 0 Å². The molecule has 0 saturated carbocycles. The number of aryl methyl sites for hydroxylation is 2. The molecule has 0 amide bonds. The molecule has 1 N–H and O–H groups in total. The Bertz CT molecular complexity index is 1060. The lowest BCUT2D eigenvalue weighted by Gasteiger charge is -2.52. The molecule has 1 fully saturated rings. The van der Waals surface area contributed by atoms with E-state index in [2.05, 4.69) is 13.0 Å². The second-order valence-corrected chi connectivity index (χ2v) is 8.39. The van der Waals surface area contributed by atoms with Gasteiger partial charge in [0.2, 0.25) is 0 Å². The van der Waals surface area contributed by atoms with Gasteiger partial charge in [-0.1, -0.05) is 43.3 Å². The summed E-state index contributed by atoms with van der Waals surface area (Å²) in [6.45, 7) is 4.03. The van der Waals surface area contributed by atoms with Gasteiger partial charge in [0.25, 0.3) is 0 Å². The van der Waals surface area contributed by atoms with Crippen molar-refractivity contribution in [2.24, 2.45) is 0 Å². The van der Waals surface area contributed by atoms with E-state index >= 15 is 0 Å². The SMILES string of the molecule is CCc1nc(N2[C@H](CO)[C@H](c3ccccc3-c3ccc(F)cc3)[C@@H]2C#N)sc1C. The molecule has 0 unspecified atom stereocenters. The van der Waals surface area contributed by atoms with Gasteiger partial charge < -0.3 is 10.0 Å². The second kappa shape index (κ2) is 7.94. The molecule has 1 aromatic heterocycles. The number of hydrogen-bond donors (Lipinski definition) is 1. The molecule has 2 aromatic carbocycles. The molecule has 3 atom stereocenters. The first-order chi connectivity index (χ1) is 14.1. The van der Waals surface area contributed by atoms with Crippen LogP contribution in [0, 0.1) is 24.1 Å². The molecule has 29 heavy (non-hydrogen) atoms. The van der Waals surface area contributed by atoms with E-state index in [-0.39, 0.29) is 24.4 Å². The van der Waals surface area contributed by atoms with Gasteiger partial charge in [0.05, 0.1) is 24.4 Å². The first-order valence-corrected chi connectivity index (χ1v) is 10.5. The fraction of sp³-hybridized carbons (Fsp3) is 0.304. The standard InChI is InChI=1S/C23H22FN3OS/c1-3-19-14(2)29-23(26-19)27-20(12-25)22(21(27)13-28)18-7-5-4-6-17(18)15-8-10-16(24)11-9-15/h4-11,20-22,28H,3,13H2,1-2H3/t20-,21+,22+/m0/s1. The van der Waals surface area contributed by atoms with E-state index in [1.165, 1.54) is 12.1 Å². The predicted molar refractivity (Wildman–Crippen MR) is 114 cm³/mol. The summed E-state index contributed by atoms with van der Waals surface area (Å²) in [5.41, 5.74) is 3.88. The zero-order valence-electron chi connectivity index (χ0n) is 16.3. The number of rotatable bonds is 5. The number of thiazole rings is 1. The van der Waals surface area contributed by atoms with E-state index in [4.69, 9.17) is 4.98 Å². The third kappa shape index (κ3) is 3.31. The minimum Gasteiger partial charge on any atom is -0.394 e. The average molecular weight is 408 g/mol. The van der Waals surface area contributed by atoms with E-state index in [1.807, 2.05) is 36.1 Å². The van der Waals surface area contributed by atoms with Gasteiger partial charge in [0.15, 0.2) is 5.13 Å². The number of anilines is 1. The minimum atomic E-state index is -0.413. The van der Waals surface area contributed by atoms with Crippen LogP contribution in [0.15, 0.2) is 48.5 Å². The summed E-state index contributed by atoms with van der Waals surface area (Å²) in [6.07, 6.45) is 0.841. The quantitative estimate of drug-likeness (QED) is 0.667. The van der Waals surface area contributed by atoms with Crippen LogP contribution in [0.5, 0.6) is 0 Å². The van der Waals surface area contributed by atoms with E-state index < -0.39 is 6.04 Å². The average Bonchev–Trinajstić information content (AvgIpc) is 3.09. The van der Waals surface area contributed by atoms with Crippen LogP contribution < -0.4 is 4.90 Å². The third-order valence-corrected chi connectivity index (χ3v) is 6.67. The Balaban J connectivity index is 1.74. The summed E-state index contributed by atoms with van der Waals surface area (Å²) in [6, 6.07) is 16.0. The number of benzene rings is 2. The van der Waals surface area contributed by atoms with Gasteiger partial charge in [-0.3, -0.25) is 0 Å².